The van der Waals surface area contributed by atoms with E-state index in [0.717, 1.165) is 17.3 Å². The molecule has 1 aromatic heterocycles. The van der Waals surface area contributed by atoms with E-state index in [0.29, 0.717) is 5.69 Å². The second-order valence-electron chi connectivity index (χ2n) is 4.13. The quantitative estimate of drug-likeness (QED) is 0.882. The summed E-state index contributed by atoms with van der Waals surface area (Å²) in [7, 11) is 0. The summed E-state index contributed by atoms with van der Waals surface area (Å²) in [6.45, 7) is 3.87. The van der Waals surface area contributed by atoms with Crippen LogP contribution in [0.2, 0.25) is 0 Å². The van der Waals surface area contributed by atoms with Crippen molar-refractivity contribution in [3.63, 3.8) is 0 Å². The Morgan fingerprint density at radius 1 is 1.28 bits per heavy atom. The molecular weight excluding hydrogens is 231 g/mol. The molecule has 3 nitrogen and oxygen atoms in total. The minimum atomic E-state index is -0.625. The Hall–Kier alpha value is -2.23. The van der Waals surface area contributed by atoms with Gasteiger partial charge in [-0.25, -0.2) is 4.39 Å². The topological polar surface area (TPSA) is 42.0 Å². The van der Waals surface area contributed by atoms with E-state index in [1.165, 1.54) is 12.3 Å². The fraction of sp³-hybridized carbons (Fsp3) is 0.143. The first-order valence-corrected chi connectivity index (χ1v) is 5.56. The van der Waals surface area contributed by atoms with Crippen molar-refractivity contribution in [1.82, 2.24) is 4.98 Å². The summed E-state index contributed by atoms with van der Waals surface area (Å²) in [5.74, 6) is -1.10. The number of hydrogen-bond acceptors (Lipinski definition) is 2. The maximum absolute atomic E-state index is 13.4. The zero-order valence-electron chi connectivity index (χ0n) is 10.2. The van der Waals surface area contributed by atoms with Gasteiger partial charge >= 0.3 is 0 Å². The molecular formula is C14H13FN2O. The fourth-order valence-electron chi connectivity index (χ4n) is 1.70. The molecule has 0 fully saturated rings. The van der Waals surface area contributed by atoms with Gasteiger partial charge in [-0.05, 0) is 31.5 Å². The van der Waals surface area contributed by atoms with E-state index in [4.69, 9.17) is 0 Å². The van der Waals surface area contributed by atoms with Gasteiger partial charge in [0.15, 0.2) is 5.82 Å². The molecule has 0 bridgehead atoms. The zero-order chi connectivity index (χ0) is 13.1. The number of nitrogens with zero attached hydrogens (tertiary/aromatic N) is 1. The van der Waals surface area contributed by atoms with Gasteiger partial charge in [0.1, 0.15) is 0 Å². The highest BCUT2D eigenvalue weighted by Gasteiger charge is 2.12. The van der Waals surface area contributed by atoms with Crippen molar-refractivity contribution >= 4 is 11.6 Å². The van der Waals surface area contributed by atoms with Gasteiger partial charge in [0, 0.05) is 11.9 Å². The smallest absolute Gasteiger partial charge is 0.258 e. The van der Waals surface area contributed by atoms with Crippen molar-refractivity contribution in [2.75, 3.05) is 5.32 Å². The zero-order valence-corrected chi connectivity index (χ0v) is 10.2. The molecule has 1 N–H and O–H groups in total. The number of hydrogen-bond donors (Lipinski definition) is 1. The summed E-state index contributed by atoms with van der Waals surface area (Å²) in [6, 6.07) is 7.01. The number of anilines is 1. The van der Waals surface area contributed by atoms with Crippen molar-refractivity contribution < 1.29 is 9.18 Å². The number of amides is 1. The summed E-state index contributed by atoms with van der Waals surface area (Å²) >= 11 is 0. The van der Waals surface area contributed by atoms with Crippen LogP contribution in [0.3, 0.4) is 0 Å². The van der Waals surface area contributed by atoms with Crippen LogP contribution in [0.25, 0.3) is 0 Å². The van der Waals surface area contributed by atoms with Crippen molar-refractivity contribution in [2.45, 2.75) is 13.8 Å². The molecule has 0 saturated heterocycles. The van der Waals surface area contributed by atoms with E-state index >= 15 is 0 Å². The molecule has 0 atom stereocenters. The highest BCUT2D eigenvalue weighted by atomic mass is 19.1. The second kappa shape index (κ2) is 4.96. The van der Waals surface area contributed by atoms with E-state index in [2.05, 4.69) is 10.3 Å². The van der Waals surface area contributed by atoms with Crippen molar-refractivity contribution in [1.29, 1.82) is 0 Å². The lowest BCUT2D eigenvalue weighted by Gasteiger charge is -2.09. The van der Waals surface area contributed by atoms with Crippen LogP contribution in [0.15, 0.2) is 36.7 Å². The Labute approximate surface area is 105 Å². The molecule has 0 aliphatic rings. The first kappa shape index (κ1) is 12.2. The Balaban J connectivity index is 2.24. The number of aromatic nitrogens is 1. The molecule has 2 rings (SSSR count). The SMILES string of the molecule is Cc1ccc(NC(=O)c2ccncc2F)c(C)c1. The third-order valence-corrected chi connectivity index (χ3v) is 2.65. The third-order valence-electron chi connectivity index (χ3n) is 2.65. The van der Waals surface area contributed by atoms with Crippen LogP contribution in [0, 0.1) is 19.7 Å². The largest absolute Gasteiger partial charge is 0.322 e. The van der Waals surface area contributed by atoms with Crippen LogP contribution >= 0.6 is 0 Å². The molecule has 0 aliphatic heterocycles. The summed E-state index contributed by atoms with van der Waals surface area (Å²) in [4.78, 5) is 15.5. The van der Waals surface area contributed by atoms with Crippen molar-refractivity contribution in [3.8, 4) is 0 Å². The van der Waals surface area contributed by atoms with Gasteiger partial charge < -0.3 is 5.32 Å². The molecule has 1 amide bonds. The lowest BCUT2D eigenvalue weighted by molar-refractivity contribution is 0.102. The Morgan fingerprint density at radius 3 is 2.72 bits per heavy atom. The molecule has 18 heavy (non-hydrogen) atoms. The minimum absolute atomic E-state index is 0.00928. The van der Waals surface area contributed by atoms with Gasteiger partial charge in [-0.15, -0.1) is 0 Å². The molecule has 0 radical (unpaired) electrons. The maximum atomic E-state index is 13.4. The van der Waals surface area contributed by atoms with Gasteiger partial charge in [0.05, 0.1) is 11.8 Å². The van der Waals surface area contributed by atoms with E-state index in [-0.39, 0.29) is 5.56 Å². The summed E-state index contributed by atoms with van der Waals surface area (Å²) in [5.41, 5.74) is 2.73. The maximum Gasteiger partial charge on any atom is 0.258 e. The van der Waals surface area contributed by atoms with Gasteiger partial charge in [-0.3, -0.25) is 9.78 Å². The number of carbonyl (C=O) groups is 1. The van der Waals surface area contributed by atoms with Gasteiger partial charge in [0.25, 0.3) is 5.91 Å². The van der Waals surface area contributed by atoms with E-state index < -0.39 is 11.7 Å². The van der Waals surface area contributed by atoms with E-state index in [1.807, 2.05) is 32.0 Å². The molecule has 92 valence electrons. The van der Waals surface area contributed by atoms with Crippen LogP contribution in [-0.2, 0) is 0 Å². The van der Waals surface area contributed by atoms with Crippen LogP contribution in [-0.4, -0.2) is 10.9 Å². The molecule has 0 spiro atoms. The van der Waals surface area contributed by atoms with Gasteiger partial charge in [0.2, 0.25) is 0 Å². The van der Waals surface area contributed by atoms with Crippen LogP contribution < -0.4 is 5.32 Å². The summed E-state index contributed by atoms with van der Waals surface area (Å²) < 4.78 is 13.4. The monoisotopic (exact) mass is 244 g/mol. The average molecular weight is 244 g/mol. The number of halogens is 1. The Morgan fingerprint density at radius 2 is 2.06 bits per heavy atom. The minimum Gasteiger partial charge on any atom is -0.322 e. The van der Waals surface area contributed by atoms with Crippen LogP contribution in [0.1, 0.15) is 21.5 Å². The molecule has 2 aromatic rings. The Bertz CT molecular complexity index is 596. The predicted molar refractivity (Wildman–Crippen MR) is 68.1 cm³/mol. The average Bonchev–Trinajstić information content (AvgIpc) is 2.33. The third kappa shape index (κ3) is 2.53. The van der Waals surface area contributed by atoms with Crippen molar-refractivity contribution in [3.05, 3.63) is 59.2 Å². The standard InChI is InChI=1S/C14H13FN2O/c1-9-3-4-13(10(2)7-9)17-14(18)11-5-6-16-8-12(11)15/h3-8H,1-2H3,(H,17,18). The normalized spacial score (nSPS) is 10.2. The lowest BCUT2D eigenvalue weighted by Crippen LogP contribution is -2.14. The molecule has 0 aliphatic carbocycles. The van der Waals surface area contributed by atoms with Crippen molar-refractivity contribution in [2.24, 2.45) is 0 Å². The van der Waals surface area contributed by atoms with Gasteiger partial charge in [-0.1, -0.05) is 17.7 Å². The molecule has 1 aromatic carbocycles. The molecule has 0 saturated carbocycles. The van der Waals surface area contributed by atoms with E-state index in [9.17, 15) is 9.18 Å². The summed E-state index contributed by atoms with van der Waals surface area (Å²) in [5, 5.41) is 2.69. The number of carbonyl (C=O) groups excluding carboxylic acids is 1. The van der Waals surface area contributed by atoms with Crippen LogP contribution in [0.4, 0.5) is 10.1 Å². The highest BCUT2D eigenvalue weighted by Crippen LogP contribution is 2.17. The summed E-state index contributed by atoms with van der Waals surface area (Å²) in [6.07, 6.45) is 2.41. The predicted octanol–water partition coefficient (Wildman–Crippen LogP) is 3.09. The molecule has 0 unspecified atom stereocenters. The second-order valence-corrected chi connectivity index (χ2v) is 4.13. The first-order valence-electron chi connectivity index (χ1n) is 5.56. The Kier molecular flexibility index (Phi) is 3.37. The van der Waals surface area contributed by atoms with Gasteiger partial charge in [-0.2, -0.15) is 0 Å². The molecule has 4 heteroatoms. The first-order chi connectivity index (χ1) is 8.58. The van der Waals surface area contributed by atoms with E-state index in [1.54, 1.807) is 0 Å². The highest BCUT2D eigenvalue weighted by molar-refractivity contribution is 6.04. The number of pyridine rings is 1. The fourth-order valence-corrected chi connectivity index (χ4v) is 1.70. The number of benzene rings is 1. The lowest BCUT2D eigenvalue weighted by atomic mass is 10.1. The number of nitrogens with one attached hydrogen (secondary N) is 1. The number of aryl methyl sites for hydroxylation is 2. The van der Waals surface area contributed by atoms with Crippen LogP contribution in [0.5, 0.6) is 0 Å². The molecule has 1 heterocycles. The number of rotatable bonds is 2.